The van der Waals surface area contributed by atoms with Crippen LogP contribution in [0, 0.1) is 18.6 Å². The lowest BCUT2D eigenvalue weighted by Crippen LogP contribution is -2.21. The summed E-state index contributed by atoms with van der Waals surface area (Å²) in [5.74, 6) is -3.82. The van der Waals surface area contributed by atoms with Crippen molar-refractivity contribution in [2.45, 2.75) is 13.1 Å². The summed E-state index contributed by atoms with van der Waals surface area (Å²) in [4.78, 5) is 11.1. The van der Waals surface area contributed by atoms with Gasteiger partial charge in [0.15, 0.2) is 17.3 Å². The molecule has 0 fully saturated rings. The summed E-state index contributed by atoms with van der Waals surface area (Å²) >= 11 is 0. The molecule has 1 aromatic heterocycles. The number of hydrogen-bond donors (Lipinski definition) is 1. The second-order valence-corrected chi connectivity index (χ2v) is 4.19. The Morgan fingerprint density at radius 1 is 1.29 bits per heavy atom. The maximum Gasteiger partial charge on any atom is 0.434 e. The predicted octanol–water partition coefficient (Wildman–Crippen LogP) is 2.58. The van der Waals surface area contributed by atoms with Crippen molar-refractivity contribution in [3.05, 3.63) is 46.8 Å². The van der Waals surface area contributed by atoms with Gasteiger partial charge >= 0.3 is 6.18 Å². The van der Waals surface area contributed by atoms with E-state index >= 15 is 0 Å². The van der Waals surface area contributed by atoms with Crippen LogP contribution in [0.4, 0.5) is 22.0 Å². The molecule has 1 heterocycles. The minimum absolute atomic E-state index is 0.317. The average Bonchev–Trinajstić information content (AvgIpc) is 2.81. The van der Waals surface area contributed by atoms with E-state index in [1.807, 2.05) is 0 Å². The molecule has 0 saturated heterocycles. The first-order chi connectivity index (χ1) is 9.64. The number of alkyl halides is 3. The first kappa shape index (κ1) is 14.9. The smallest absolute Gasteiger partial charge is 0.365 e. The first-order valence-electron chi connectivity index (χ1n) is 5.54. The number of benzene rings is 1. The van der Waals surface area contributed by atoms with Gasteiger partial charge in [-0.3, -0.25) is 4.79 Å². The zero-order valence-corrected chi connectivity index (χ0v) is 10.5. The van der Waals surface area contributed by atoms with E-state index in [2.05, 4.69) is 5.10 Å². The second-order valence-electron chi connectivity index (χ2n) is 4.19. The fraction of sp³-hybridized carbons (Fsp3) is 0.167. The van der Waals surface area contributed by atoms with Gasteiger partial charge in [0.1, 0.15) is 0 Å². The highest BCUT2D eigenvalue weighted by Crippen LogP contribution is 2.34. The van der Waals surface area contributed by atoms with E-state index in [-0.39, 0.29) is 11.3 Å². The van der Waals surface area contributed by atoms with Gasteiger partial charge in [-0.05, 0) is 19.1 Å². The number of aromatic nitrogens is 2. The minimum Gasteiger partial charge on any atom is -0.365 e. The number of rotatable bonds is 2. The van der Waals surface area contributed by atoms with Crippen LogP contribution in [0.25, 0.3) is 5.69 Å². The van der Waals surface area contributed by atoms with Crippen LogP contribution in [-0.2, 0) is 6.18 Å². The number of amides is 1. The maximum absolute atomic E-state index is 13.5. The molecule has 0 saturated carbocycles. The number of halogens is 5. The first-order valence-corrected chi connectivity index (χ1v) is 5.54. The monoisotopic (exact) mass is 305 g/mol. The number of nitrogens with two attached hydrogens (primary N) is 1. The number of primary amides is 1. The Bertz CT molecular complexity index is 720. The minimum atomic E-state index is -4.95. The predicted molar refractivity (Wildman–Crippen MR) is 61.7 cm³/mol. The molecule has 0 radical (unpaired) electrons. The molecule has 0 aliphatic heterocycles. The second kappa shape index (κ2) is 4.83. The topological polar surface area (TPSA) is 60.9 Å². The zero-order chi connectivity index (χ0) is 15.9. The third kappa shape index (κ3) is 2.46. The standard InChI is InChI=1S/C12H8F5N3O/c1-5-8(3-2-7(13)9(5)14)20-10(12(15,16)17)6(4-19-20)11(18)21/h2-4H,1H3,(H2,18,21). The van der Waals surface area contributed by atoms with Crippen molar-refractivity contribution in [3.8, 4) is 5.69 Å². The van der Waals surface area contributed by atoms with Crippen LogP contribution >= 0.6 is 0 Å². The van der Waals surface area contributed by atoms with Gasteiger partial charge in [-0.25, -0.2) is 13.5 Å². The van der Waals surface area contributed by atoms with E-state index in [1.54, 1.807) is 0 Å². The van der Waals surface area contributed by atoms with Gasteiger partial charge in [0.05, 0.1) is 17.4 Å². The van der Waals surface area contributed by atoms with Gasteiger partial charge in [-0.15, -0.1) is 0 Å². The highest BCUT2D eigenvalue weighted by atomic mass is 19.4. The lowest BCUT2D eigenvalue weighted by atomic mass is 10.1. The Morgan fingerprint density at radius 3 is 2.43 bits per heavy atom. The van der Waals surface area contributed by atoms with E-state index in [9.17, 15) is 26.7 Å². The van der Waals surface area contributed by atoms with Crippen LogP contribution in [0.1, 0.15) is 21.6 Å². The molecule has 1 amide bonds. The summed E-state index contributed by atoms with van der Waals surface area (Å²) in [7, 11) is 0. The Hall–Kier alpha value is -2.45. The molecule has 21 heavy (non-hydrogen) atoms. The molecule has 0 bridgehead atoms. The molecular weight excluding hydrogens is 297 g/mol. The molecule has 2 N–H and O–H groups in total. The summed E-state index contributed by atoms with van der Waals surface area (Å²) in [6.07, 6.45) is -4.32. The molecule has 0 atom stereocenters. The Balaban J connectivity index is 2.77. The molecule has 0 unspecified atom stereocenters. The molecule has 2 aromatic rings. The van der Waals surface area contributed by atoms with Crippen molar-refractivity contribution >= 4 is 5.91 Å². The quantitative estimate of drug-likeness (QED) is 0.867. The van der Waals surface area contributed by atoms with Crippen molar-refractivity contribution in [3.63, 3.8) is 0 Å². The number of carbonyl (C=O) groups excluding carboxylic acids is 1. The third-order valence-electron chi connectivity index (χ3n) is 2.84. The molecule has 9 heteroatoms. The average molecular weight is 305 g/mol. The van der Waals surface area contributed by atoms with E-state index in [0.717, 1.165) is 13.0 Å². The summed E-state index contributed by atoms with van der Waals surface area (Å²) < 4.78 is 66.0. The lowest BCUT2D eigenvalue weighted by molar-refractivity contribution is -0.143. The molecule has 4 nitrogen and oxygen atoms in total. The van der Waals surface area contributed by atoms with Crippen LogP contribution in [0.15, 0.2) is 18.3 Å². The fourth-order valence-electron chi connectivity index (χ4n) is 1.86. The van der Waals surface area contributed by atoms with Crippen LogP contribution in [-0.4, -0.2) is 15.7 Å². The van der Waals surface area contributed by atoms with Crippen molar-refractivity contribution < 1.29 is 26.7 Å². The summed E-state index contributed by atoms with van der Waals surface area (Å²) in [5.41, 5.74) is 1.86. The molecule has 0 aliphatic carbocycles. The molecule has 112 valence electrons. The highest BCUT2D eigenvalue weighted by molar-refractivity contribution is 5.94. The Labute approximate surface area is 115 Å². The maximum atomic E-state index is 13.5. The van der Waals surface area contributed by atoms with E-state index in [4.69, 9.17) is 5.73 Å². The van der Waals surface area contributed by atoms with Crippen LogP contribution in [0.5, 0.6) is 0 Å². The van der Waals surface area contributed by atoms with Crippen molar-refractivity contribution in [1.82, 2.24) is 9.78 Å². The molecule has 1 aromatic carbocycles. The van der Waals surface area contributed by atoms with Crippen molar-refractivity contribution in [1.29, 1.82) is 0 Å². The molecule has 0 spiro atoms. The van der Waals surface area contributed by atoms with E-state index < -0.39 is 35.0 Å². The number of carbonyl (C=O) groups is 1. The molecule has 0 aliphatic rings. The number of hydrogen-bond acceptors (Lipinski definition) is 2. The van der Waals surface area contributed by atoms with E-state index in [0.29, 0.717) is 16.9 Å². The van der Waals surface area contributed by atoms with Gasteiger partial charge in [0.25, 0.3) is 5.91 Å². The van der Waals surface area contributed by atoms with Gasteiger partial charge < -0.3 is 5.73 Å². The molecule has 2 rings (SSSR count). The van der Waals surface area contributed by atoms with Gasteiger partial charge in [-0.1, -0.05) is 0 Å². The van der Waals surface area contributed by atoms with Gasteiger partial charge in [0, 0.05) is 5.56 Å². The summed E-state index contributed by atoms with van der Waals surface area (Å²) in [6.45, 7) is 1.10. The highest BCUT2D eigenvalue weighted by Gasteiger charge is 2.40. The summed E-state index contributed by atoms with van der Waals surface area (Å²) in [6, 6.07) is 1.60. The lowest BCUT2D eigenvalue weighted by Gasteiger charge is -2.14. The van der Waals surface area contributed by atoms with Crippen molar-refractivity contribution in [2.24, 2.45) is 5.73 Å². The zero-order valence-electron chi connectivity index (χ0n) is 10.5. The van der Waals surface area contributed by atoms with E-state index in [1.165, 1.54) is 0 Å². The van der Waals surface area contributed by atoms with Crippen LogP contribution in [0.2, 0.25) is 0 Å². The number of nitrogens with zero attached hydrogens (tertiary/aromatic N) is 2. The van der Waals surface area contributed by atoms with Gasteiger partial charge in [0.2, 0.25) is 0 Å². The summed E-state index contributed by atoms with van der Waals surface area (Å²) in [5, 5.41) is 3.41. The SMILES string of the molecule is Cc1c(-n2ncc(C(N)=O)c2C(F)(F)F)ccc(F)c1F. The van der Waals surface area contributed by atoms with Crippen LogP contribution < -0.4 is 5.73 Å². The van der Waals surface area contributed by atoms with Crippen LogP contribution in [0.3, 0.4) is 0 Å². The third-order valence-corrected chi connectivity index (χ3v) is 2.84. The fourth-order valence-corrected chi connectivity index (χ4v) is 1.86. The Morgan fingerprint density at radius 2 is 1.90 bits per heavy atom. The largest absolute Gasteiger partial charge is 0.434 e. The van der Waals surface area contributed by atoms with Gasteiger partial charge in [-0.2, -0.15) is 18.3 Å². The normalized spacial score (nSPS) is 11.7. The Kier molecular flexibility index (Phi) is 3.44. The van der Waals surface area contributed by atoms with Crippen molar-refractivity contribution in [2.75, 3.05) is 0 Å². The molecular formula is C12H8F5N3O.